The maximum absolute atomic E-state index is 12.7. The molecule has 2 amide bonds. The summed E-state index contributed by atoms with van der Waals surface area (Å²) >= 11 is 0. The fraction of sp³-hybridized carbons (Fsp3) is 0.857. The van der Waals surface area contributed by atoms with Gasteiger partial charge in [-0.2, -0.15) is 0 Å². The summed E-state index contributed by atoms with van der Waals surface area (Å²) in [6.07, 6.45) is -2.61. The molecule has 2 N–H and O–H groups in total. The van der Waals surface area contributed by atoms with Crippen LogP contribution in [0.2, 0.25) is 0 Å². The monoisotopic (exact) mass is 306 g/mol. The molecule has 0 heterocycles. The molecule has 0 radical (unpaired) electrons. The Balaban J connectivity index is 2.66. The second-order valence-corrected chi connectivity index (χ2v) is 6.54. The third-order valence-electron chi connectivity index (χ3n) is 3.58. The lowest BCUT2D eigenvalue weighted by Crippen LogP contribution is -2.42. The first-order chi connectivity index (χ1) is 9.58. The van der Waals surface area contributed by atoms with Crippen molar-refractivity contribution in [2.75, 3.05) is 7.05 Å². The molecule has 2 unspecified atom stereocenters. The summed E-state index contributed by atoms with van der Waals surface area (Å²) in [6, 6.07) is -0.323. The second-order valence-electron chi connectivity index (χ2n) is 6.54. The Morgan fingerprint density at radius 2 is 2.00 bits per heavy atom. The number of nitrogens with one attached hydrogen (secondary N) is 2. The molecule has 122 valence electrons. The van der Waals surface area contributed by atoms with Crippen molar-refractivity contribution in [2.45, 2.75) is 64.5 Å². The highest BCUT2D eigenvalue weighted by atomic mass is 19.3. The van der Waals surface area contributed by atoms with Gasteiger partial charge in [0, 0.05) is 19.5 Å². The molecule has 0 spiro atoms. The largest absolute Gasteiger partial charge is 0.444 e. The zero-order valence-electron chi connectivity index (χ0n) is 13.0. The highest BCUT2D eigenvalue weighted by Gasteiger charge is 2.47. The summed E-state index contributed by atoms with van der Waals surface area (Å²) in [5, 5.41) is 5.11. The van der Waals surface area contributed by atoms with E-state index < -0.39 is 35.9 Å². The van der Waals surface area contributed by atoms with Gasteiger partial charge in [-0.1, -0.05) is 0 Å². The van der Waals surface area contributed by atoms with Crippen LogP contribution in [0.5, 0.6) is 0 Å². The van der Waals surface area contributed by atoms with E-state index >= 15 is 0 Å². The number of hydrogen-bond donors (Lipinski definition) is 2. The van der Waals surface area contributed by atoms with Gasteiger partial charge in [0.2, 0.25) is 12.3 Å². The lowest BCUT2D eigenvalue weighted by atomic mass is 9.81. The van der Waals surface area contributed by atoms with Crippen LogP contribution < -0.4 is 10.6 Å². The first kappa shape index (κ1) is 17.7. The maximum atomic E-state index is 12.7. The smallest absolute Gasteiger partial charge is 0.407 e. The first-order valence-corrected chi connectivity index (χ1v) is 7.08. The van der Waals surface area contributed by atoms with Gasteiger partial charge in [-0.15, -0.1) is 0 Å². The van der Waals surface area contributed by atoms with Gasteiger partial charge in [0.05, 0.1) is 5.41 Å². The normalized spacial score (nSPS) is 25.8. The lowest BCUT2D eigenvalue weighted by molar-refractivity contribution is -0.132. The summed E-state index contributed by atoms with van der Waals surface area (Å²) in [6.45, 7) is 5.23. The fourth-order valence-corrected chi connectivity index (χ4v) is 2.77. The van der Waals surface area contributed by atoms with Crippen LogP contribution in [0.15, 0.2) is 0 Å². The Morgan fingerprint density at radius 3 is 2.48 bits per heavy atom. The van der Waals surface area contributed by atoms with E-state index in [-0.39, 0.29) is 12.5 Å². The standard InChI is InChI=1S/C14H24F2N2O3/c1-13(2,3)21-12(20)18-9-5-6-14(7-9,8-10(15)16)11(19)17-4/h9-10H,5-8H2,1-4H3,(H,17,19)(H,18,20). The van der Waals surface area contributed by atoms with Crippen LogP contribution >= 0.6 is 0 Å². The molecule has 1 aliphatic carbocycles. The Kier molecular flexibility index (Phi) is 5.53. The Hall–Kier alpha value is -1.40. The van der Waals surface area contributed by atoms with Crippen molar-refractivity contribution < 1.29 is 23.1 Å². The second kappa shape index (κ2) is 6.58. The zero-order chi connectivity index (χ0) is 16.3. The molecule has 1 fully saturated rings. The van der Waals surface area contributed by atoms with Crippen LogP contribution in [-0.4, -0.2) is 37.1 Å². The third kappa shape index (κ3) is 5.13. The number of halogens is 2. The van der Waals surface area contributed by atoms with E-state index in [1.165, 1.54) is 7.05 Å². The minimum absolute atomic E-state index is 0.205. The Bertz CT molecular complexity index is 396. The molecule has 1 saturated carbocycles. The molecule has 21 heavy (non-hydrogen) atoms. The molecule has 0 saturated heterocycles. The highest BCUT2D eigenvalue weighted by molar-refractivity contribution is 5.83. The zero-order valence-corrected chi connectivity index (χ0v) is 13.0. The molecule has 2 atom stereocenters. The summed E-state index contributed by atoms with van der Waals surface area (Å²) in [5.41, 5.74) is -1.73. The number of carbonyl (C=O) groups excluding carboxylic acids is 2. The van der Waals surface area contributed by atoms with Crippen LogP contribution in [0.25, 0.3) is 0 Å². The van der Waals surface area contributed by atoms with E-state index in [0.717, 1.165) is 0 Å². The number of alkyl halides is 2. The number of amides is 2. The number of rotatable bonds is 4. The van der Waals surface area contributed by atoms with E-state index in [1.54, 1.807) is 20.8 Å². The van der Waals surface area contributed by atoms with E-state index in [0.29, 0.717) is 12.8 Å². The molecule has 5 nitrogen and oxygen atoms in total. The van der Waals surface area contributed by atoms with Crippen LogP contribution in [0.3, 0.4) is 0 Å². The average Bonchev–Trinajstić information content (AvgIpc) is 2.68. The predicted octanol–water partition coefficient (Wildman–Crippen LogP) is 2.45. The highest BCUT2D eigenvalue weighted by Crippen LogP contribution is 2.43. The van der Waals surface area contributed by atoms with Gasteiger partial charge in [-0.3, -0.25) is 4.79 Å². The topological polar surface area (TPSA) is 67.4 Å². The van der Waals surface area contributed by atoms with Crippen molar-refractivity contribution in [1.82, 2.24) is 10.6 Å². The summed E-state index contributed by atoms with van der Waals surface area (Å²) in [7, 11) is 1.43. The number of hydrogen-bond acceptors (Lipinski definition) is 3. The molecule has 0 aliphatic heterocycles. The van der Waals surface area contributed by atoms with E-state index in [2.05, 4.69) is 10.6 Å². The van der Waals surface area contributed by atoms with E-state index in [4.69, 9.17) is 4.74 Å². The molecular weight excluding hydrogens is 282 g/mol. The number of alkyl carbamates (subject to hydrolysis) is 1. The van der Waals surface area contributed by atoms with Crippen LogP contribution in [0.1, 0.15) is 46.5 Å². The van der Waals surface area contributed by atoms with Crippen molar-refractivity contribution in [3.05, 3.63) is 0 Å². The molecule has 7 heteroatoms. The van der Waals surface area contributed by atoms with Crippen molar-refractivity contribution in [3.63, 3.8) is 0 Å². The van der Waals surface area contributed by atoms with Gasteiger partial charge in [0.25, 0.3) is 0 Å². The van der Waals surface area contributed by atoms with Crippen molar-refractivity contribution >= 4 is 12.0 Å². The van der Waals surface area contributed by atoms with E-state index in [1.807, 2.05) is 0 Å². The minimum Gasteiger partial charge on any atom is -0.444 e. The van der Waals surface area contributed by atoms with Gasteiger partial charge in [-0.25, -0.2) is 13.6 Å². The van der Waals surface area contributed by atoms with Crippen molar-refractivity contribution in [2.24, 2.45) is 5.41 Å². The van der Waals surface area contributed by atoms with Crippen LogP contribution in [0, 0.1) is 5.41 Å². The van der Waals surface area contributed by atoms with Crippen molar-refractivity contribution in [3.8, 4) is 0 Å². The Morgan fingerprint density at radius 1 is 1.38 bits per heavy atom. The SMILES string of the molecule is CNC(=O)C1(CC(F)F)CCC(NC(=O)OC(C)(C)C)C1. The predicted molar refractivity (Wildman–Crippen MR) is 74.1 cm³/mol. The average molecular weight is 306 g/mol. The van der Waals surface area contributed by atoms with Gasteiger partial charge in [-0.05, 0) is 40.0 Å². The number of ether oxygens (including phenoxy) is 1. The van der Waals surface area contributed by atoms with Crippen molar-refractivity contribution in [1.29, 1.82) is 0 Å². The van der Waals surface area contributed by atoms with Gasteiger partial charge < -0.3 is 15.4 Å². The fourth-order valence-electron chi connectivity index (χ4n) is 2.77. The maximum Gasteiger partial charge on any atom is 0.407 e. The summed E-state index contributed by atoms with van der Waals surface area (Å²) < 4.78 is 30.6. The molecule has 1 rings (SSSR count). The quantitative estimate of drug-likeness (QED) is 0.838. The molecule has 0 bridgehead atoms. The Labute approximate surface area is 123 Å². The number of carbonyl (C=O) groups is 2. The molecule has 0 aromatic rings. The van der Waals surface area contributed by atoms with E-state index in [9.17, 15) is 18.4 Å². The van der Waals surface area contributed by atoms with Gasteiger partial charge in [0.1, 0.15) is 5.60 Å². The van der Waals surface area contributed by atoms with Gasteiger partial charge >= 0.3 is 6.09 Å². The van der Waals surface area contributed by atoms with Gasteiger partial charge in [0.15, 0.2) is 0 Å². The summed E-state index contributed by atoms with van der Waals surface area (Å²) in [5.74, 6) is -0.392. The third-order valence-corrected chi connectivity index (χ3v) is 3.58. The minimum atomic E-state index is -2.55. The first-order valence-electron chi connectivity index (χ1n) is 7.08. The lowest BCUT2D eigenvalue weighted by Gasteiger charge is -2.27. The molecule has 0 aromatic carbocycles. The molecule has 1 aliphatic rings. The summed E-state index contributed by atoms with van der Waals surface area (Å²) in [4.78, 5) is 23.6. The van der Waals surface area contributed by atoms with Crippen LogP contribution in [0.4, 0.5) is 13.6 Å². The van der Waals surface area contributed by atoms with Crippen LogP contribution in [-0.2, 0) is 9.53 Å². The molecular formula is C14H24F2N2O3. The molecule has 0 aromatic heterocycles.